The van der Waals surface area contributed by atoms with Crippen LogP contribution < -0.4 is 0 Å². The van der Waals surface area contributed by atoms with Crippen molar-refractivity contribution < 1.29 is 0 Å². The molecule has 0 bridgehead atoms. The Balaban J connectivity index is 2.23. The van der Waals surface area contributed by atoms with Gasteiger partial charge in [-0.3, -0.25) is 9.98 Å². The van der Waals surface area contributed by atoms with Gasteiger partial charge < -0.3 is 0 Å². The van der Waals surface area contributed by atoms with Gasteiger partial charge in [0.25, 0.3) is 0 Å². The van der Waals surface area contributed by atoms with Crippen molar-refractivity contribution in [2.24, 2.45) is 15.9 Å². The highest BCUT2D eigenvalue weighted by Crippen LogP contribution is 2.13. The fourth-order valence-corrected chi connectivity index (χ4v) is 1.35. The van der Waals surface area contributed by atoms with Crippen LogP contribution >= 0.6 is 0 Å². The highest BCUT2D eigenvalue weighted by Gasteiger charge is 2.16. The Hall–Kier alpha value is -0.920. The van der Waals surface area contributed by atoms with Crippen molar-refractivity contribution in [1.29, 1.82) is 0 Å². The molecule has 0 amide bonds. The van der Waals surface area contributed by atoms with E-state index >= 15 is 0 Å². The highest BCUT2D eigenvalue weighted by atomic mass is 14.8. The second-order valence-corrected chi connectivity index (χ2v) is 2.62. The van der Waals surface area contributed by atoms with Crippen molar-refractivity contribution >= 4 is 11.9 Å². The van der Waals surface area contributed by atoms with Gasteiger partial charge in [-0.25, -0.2) is 0 Å². The minimum Gasteiger partial charge on any atom is -0.296 e. The molecule has 2 heteroatoms. The summed E-state index contributed by atoms with van der Waals surface area (Å²) in [5.74, 6) is 0.527. The Morgan fingerprint density at radius 1 is 1.50 bits per heavy atom. The Morgan fingerprint density at radius 3 is 3.40 bits per heavy atom. The van der Waals surface area contributed by atoms with E-state index in [-0.39, 0.29) is 0 Å². The first-order chi connectivity index (χ1) is 4.97. The van der Waals surface area contributed by atoms with Crippen molar-refractivity contribution in [2.75, 3.05) is 13.1 Å². The third kappa shape index (κ3) is 0.897. The Bertz CT molecular complexity index is 213. The third-order valence-electron chi connectivity index (χ3n) is 1.93. The number of aliphatic imine (C=N–C) groups is 2. The van der Waals surface area contributed by atoms with Crippen LogP contribution in [0.1, 0.15) is 6.42 Å². The topological polar surface area (TPSA) is 24.7 Å². The lowest BCUT2D eigenvalue weighted by Gasteiger charge is -2.18. The first-order valence-corrected chi connectivity index (χ1v) is 3.65. The van der Waals surface area contributed by atoms with Gasteiger partial charge in [-0.05, 0) is 0 Å². The largest absolute Gasteiger partial charge is 0.296 e. The number of hydrogen-bond donors (Lipinski definition) is 0. The predicted molar refractivity (Wildman–Crippen MR) is 42.9 cm³/mol. The second kappa shape index (κ2) is 2.37. The van der Waals surface area contributed by atoms with E-state index in [4.69, 9.17) is 0 Å². The van der Waals surface area contributed by atoms with Gasteiger partial charge in [-0.2, -0.15) is 0 Å². The van der Waals surface area contributed by atoms with Crippen molar-refractivity contribution in [1.82, 2.24) is 0 Å². The van der Waals surface area contributed by atoms with Crippen LogP contribution in [-0.4, -0.2) is 25.0 Å². The van der Waals surface area contributed by atoms with Gasteiger partial charge >= 0.3 is 0 Å². The number of nitrogens with zero attached hydrogens (tertiary/aromatic N) is 2. The molecule has 0 aromatic heterocycles. The fraction of sp³-hybridized carbons (Fsp3) is 0.500. The maximum absolute atomic E-state index is 4.39. The van der Waals surface area contributed by atoms with Gasteiger partial charge in [-0.1, -0.05) is 12.2 Å². The zero-order valence-electron chi connectivity index (χ0n) is 5.83. The summed E-state index contributed by atoms with van der Waals surface area (Å²) in [6.07, 6.45) is 7.28. The Kier molecular flexibility index (Phi) is 1.38. The molecule has 0 saturated carbocycles. The zero-order chi connectivity index (χ0) is 6.81. The SMILES string of the molecule is C1=CC2CN=CCC2=NC1. The van der Waals surface area contributed by atoms with E-state index in [1.54, 1.807) is 0 Å². The van der Waals surface area contributed by atoms with Crippen LogP contribution in [0.2, 0.25) is 0 Å². The summed E-state index contributed by atoms with van der Waals surface area (Å²) < 4.78 is 0. The van der Waals surface area contributed by atoms with Crippen LogP contribution in [0.4, 0.5) is 0 Å². The molecule has 0 fully saturated rings. The molecule has 0 aromatic rings. The summed E-state index contributed by atoms with van der Waals surface area (Å²) in [5, 5.41) is 0. The van der Waals surface area contributed by atoms with Gasteiger partial charge in [0.05, 0.1) is 13.1 Å². The minimum absolute atomic E-state index is 0.527. The number of dihydropyridines is 1. The standard InChI is InChI=1S/C8H10N2/c1-2-7-6-9-5-3-8(7)10-4-1/h1-2,5,7H,3-4,6H2. The molecular weight excluding hydrogens is 124 g/mol. The summed E-state index contributed by atoms with van der Waals surface area (Å²) in [5.41, 5.74) is 1.32. The van der Waals surface area contributed by atoms with Gasteiger partial charge in [0.1, 0.15) is 0 Å². The molecule has 1 unspecified atom stereocenters. The molecule has 0 aromatic carbocycles. The maximum Gasteiger partial charge on any atom is 0.0570 e. The molecule has 52 valence electrons. The van der Waals surface area contributed by atoms with Gasteiger partial charge in [0.2, 0.25) is 0 Å². The fourth-order valence-electron chi connectivity index (χ4n) is 1.35. The smallest absolute Gasteiger partial charge is 0.0570 e. The molecule has 2 heterocycles. The summed E-state index contributed by atoms with van der Waals surface area (Å²) in [7, 11) is 0. The monoisotopic (exact) mass is 134 g/mol. The van der Waals surface area contributed by atoms with Crippen LogP contribution in [0.15, 0.2) is 22.1 Å². The van der Waals surface area contributed by atoms with Crippen molar-refractivity contribution in [2.45, 2.75) is 6.42 Å². The molecule has 0 N–H and O–H groups in total. The van der Waals surface area contributed by atoms with E-state index in [1.165, 1.54) is 5.71 Å². The lowest BCUT2D eigenvalue weighted by molar-refractivity contribution is 0.815. The molecule has 2 rings (SSSR count). The first-order valence-electron chi connectivity index (χ1n) is 3.65. The predicted octanol–water partition coefficient (Wildman–Crippen LogP) is 1.09. The van der Waals surface area contributed by atoms with Crippen LogP contribution in [0.25, 0.3) is 0 Å². The molecule has 2 nitrogen and oxygen atoms in total. The molecule has 0 saturated heterocycles. The van der Waals surface area contributed by atoms with E-state index in [9.17, 15) is 0 Å². The Labute approximate surface area is 60.4 Å². The molecule has 2 aliphatic rings. The highest BCUT2D eigenvalue weighted by molar-refractivity contribution is 6.00. The number of fused-ring (bicyclic) bond motifs is 1. The summed E-state index contributed by atoms with van der Waals surface area (Å²) in [4.78, 5) is 8.59. The lowest BCUT2D eigenvalue weighted by Crippen LogP contribution is -2.22. The van der Waals surface area contributed by atoms with Gasteiger partial charge in [0, 0.05) is 24.3 Å². The van der Waals surface area contributed by atoms with Crippen LogP contribution in [-0.2, 0) is 0 Å². The first kappa shape index (κ1) is 5.83. The van der Waals surface area contributed by atoms with E-state index in [2.05, 4.69) is 22.1 Å². The quantitative estimate of drug-likeness (QED) is 0.443. The maximum atomic E-state index is 4.39. The average molecular weight is 134 g/mol. The van der Waals surface area contributed by atoms with Crippen LogP contribution in [0.3, 0.4) is 0 Å². The van der Waals surface area contributed by atoms with E-state index in [1.807, 2.05) is 6.21 Å². The van der Waals surface area contributed by atoms with E-state index < -0.39 is 0 Å². The number of rotatable bonds is 0. The number of hydrogen-bond acceptors (Lipinski definition) is 2. The van der Waals surface area contributed by atoms with Crippen LogP contribution in [0, 0.1) is 5.92 Å². The van der Waals surface area contributed by atoms with E-state index in [0.717, 1.165) is 19.5 Å². The van der Waals surface area contributed by atoms with Crippen molar-refractivity contribution in [3.8, 4) is 0 Å². The normalized spacial score (nSPS) is 29.6. The third-order valence-corrected chi connectivity index (χ3v) is 1.93. The minimum atomic E-state index is 0.527. The summed E-state index contributed by atoms with van der Waals surface area (Å²) >= 11 is 0. The second-order valence-electron chi connectivity index (χ2n) is 2.62. The van der Waals surface area contributed by atoms with Crippen molar-refractivity contribution in [3.05, 3.63) is 12.2 Å². The Morgan fingerprint density at radius 2 is 2.50 bits per heavy atom. The van der Waals surface area contributed by atoms with Gasteiger partial charge in [-0.15, -0.1) is 0 Å². The lowest BCUT2D eigenvalue weighted by atomic mass is 9.96. The zero-order valence-corrected chi connectivity index (χ0v) is 5.83. The molecule has 0 aliphatic carbocycles. The summed E-state index contributed by atoms with van der Waals surface area (Å²) in [6, 6.07) is 0. The molecule has 0 radical (unpaired) electrons. The molecule has 0 spiro atoms. The van der Waals surface area contributed by atoms with Gasteiger partial charge in [0.15, 0.2) is 0 Å². The average Bonchev–Trinajstić information content (AvgIpc) is 2.05. The molecule has 10 heavy (non-hydrogen) atoms. The van der Waals surface area contributed by atoms with Crippen LogP contribution in [0.5, 0.6) is 0 Å². The molecule has 1 atom stereocenters. The van der Waals surface area contributed by atoms with E-state index in [0.29, 0.717) is 5.92 Å². The molecule has 2 aliphatic heterocycles. The summed E-state index contributed by atoms with van der Waals surface area (Å²) in [6.45, 7) is 1.79. The van der Waals surface area contributed by atoms with Crippen molar-refractivity contribution in [3.63, 3.8) is 0 Å². The molecular formula is C8H10N2.